The molecular formula is C26H35N3O2. The van der Waals surface area contributed by atoms with Crippen LogP contribution in [-0.2, 0) is 11.2 Å². The predicted molar refractivity (Wildman–Crippen MR) is 123 cm³/mol. The van der Waals surface area contributed by atoms with Crippen molar-refractivity contribution in [1.29, 1.82) is 0 Å². The van der Waals surface area contributed by atoms with E-state index in [-0.39, 0.29) is 5.91 Å². The van der Waals surface area contributed by atoms with Crippen LogP contribution in [0.25, 0.3) is 0 Å². The average Bonchev–Trinajstić information content (AvgIpc) is 2.81. The Hall–Kier alpha value is -2.40. The number of hydrogen-bond donors (Lipinski definition) is 1. The summed E-state index contributed by atoms with van der Waals surface area (Å²) >= 11 is 0. The van der Waals surface area contributed by atoms with Gasteiger partial charge >= 0.3 is 0 Å². The number of rotatable bonds is 7. The van der Waals surface area contributed by atoms with Crippen LogP contribution in [0.2, 0.25) is 0 Å². The summed E-state index contributed by atoms with van der Waals surface area (Å²) in [6, 6.07) is 14.9. The van der Waals surface area contributed by atoms with E-state index in [1.54, 1.807) is 7.11 Å². The lowest BCUT2D eigenvalue weighted by Gasteiger charge is -2.32. The van der Waals surface area contributed by atoms with Crippen LogP contribution in [0.4, 0.5) is 0 Å². The van der Waals surface area contributed by atoms with Gasteiger partial charge in [0.2, 0.25) is 5.91 Å². The molecule has 166 valence electrons. The zero-order valence-corrected chi connectivity index (χ0v) is 18.7. The molecule has 1 amide bonds. The number of pyridine rings is 1. The quantitative estimate of drug-likeness (QED) is 0.724. The van der Waals surface area contributed by atoms with Gasteiger partial charge in [-0.25, -0.2) is 0 Å². The van der Waals surface area contributed by atoms with Gasteiger partial charge in [-0.3, -0.25) is 14.7 Å². The summed E-state index contributed by atoms with van der Waals surface area (Å²) in [5, 5.41) is 3.25. The minimum absolute atomic E-state index is 0.197. The third-order valence-electron chi connectivity index (χ3n) is 6.74. The average molecular weight is 422 g/mol. The first-order valence-electron chi connectivity index (χ1n) is 11.8. The molecular weight excluding hydrogens is 386 g/mol. The van der Waals surface area contributed by atoms with E-state index in [9.17, 15) is 4.79 Å². The van der Waals surface area contributed by atoms with Crippen molar-refractivity contribution < 1.29 is 9.53 Å². The van der Waals surface area contributed by atoms with Crippen LogP contribution in [0.1, 0.15) is 67.8 Å². The second-order valence-electron chi connectivity index (χ2n) is 9.00. The Labute approximate surface area is 186 Å². The molecule has 2 aliphatic rings. The first-order valence-corrected chi connectivity index (χ1v) is 11.8. The normalized spacial score (nSPS) is 18.6. The van der Waals surface area contributed by atoms with Crippen molar-refractivity contribution in [2.75, 3.05) is 26.7 Å². The van der Waals surface area contributed by atoms with Crippen molar-refractivity contribution in [2.45, 2.75) is 63.3 Å². The minimum Gasteiger partial charge on any atom is -0.496 e. The maximum atomic E-state index is 12.4. The molecule has 1 aromatic carbocycles. The summed E-state index contributed by atoms with van der Waals surface area (Å²) < 4.78 is 5.49. The van der Waals surface area contributed by atoms with Gasteiger partial charge in [-0.05, 0) is 57.0 Å². The molecule has 0 atom stereocenters. The number of aromatic nitrogens is 1. The van der Waals surface area contributed by atoms with Gasteiger partial charge < -0.3 is 10.1 Å². The number of piperidine rings is 1. The Balaban J connectivity index is 1.28. The van der Waals surface area contributed by atoms with Crippen molar-refractivity contribution in [3.63, 3.8) is 0 Å². The van der Waals surface area contributed by atoms with Gasteiger partial charge in [-0.15, -0.1) is 0 Å². The lowest BCUT2D eigenvalue weighted by Crippen LogP contribution is -2.44. The van der Waals surface area contributed by atoms with Crippen LogP contribution >= 0.6 is 0 Å². The predicted octanol–water partition coefficient (Wildman–Crippen LogP) is 4.31. The van der Waals surface area contributed by atoms with Crippen molar-refractivity contribution in [3.05, 3.63) is 59.4 Å². The van der Waals surface area contributed by atoms with Crippen LogP contribution < -0.4 is 10.1 Å². The van der Waals surface area contributed by atoms with E-state index in [0.29, 0.717) is 18.5 Å². The third-order valence-corrected chi connectivity index (χ3v) is 6.74. The second kappa shape index (κ2) is 10.8. The number of likely N-dealkylation sites (tertiary alicyclic amines) is 1. The van der Waals surface area contributed by atoms with Gasteiger partial charge in [-0.1, -0.05) is 43.5 Å². The fraction of sp³-hybridized carbons (Fsp3) is 0.538. The number of amides is 1. The van der Waals surface area contributed by atoms with E-state index in [0.717, 1.165) is 62.2 Å². The molecule has 1 aromatic heterocycles. The third kappa shape index (κ3) is 6.07. The van der Waals surface area contributed by atoms with E-state index in [2.05, 4.69) is 34.5 Å². The number of nitrogens with one attached hydrogen (secondary N) is 1. The molecule has 31 heavy (non-hydrogen) atoms. The van der Waals surface area contributed by atoms with Crippen LogP contribution in [-0.4, -0.2) is 48.6 Å². The fourth-order valence-corrected chi connectivity index (χ4v) is 4.98. The number of benzene rings is 1. The Morgan fingerprint density at radius 2 is 1.81 bits per heavy atom. The molecule has 0 unspecified atom stereocenters. The molecule has 1 saturated heterocycles. The molecule has 5 heteroatoms. The number of hydrogen-bond acceptors (Lipinski definition) is 4. The molecule has 1 aliphatic carbocycles. The van der Waals surface area contributed by atoms with Gasteiger partial charge in [-0.2, -0.15) is 0 Å². The lowest BCUT2D eigenvalue weighted by atomic mass is 9.92. The molecule has 2 fully saturated rings. The molecule has 0 radical (unpaired) electrons. The van der Waals surface area contributed by atoms with Crippen molar-refractivity contribution in [3.8, 4) is 5.75 Å². The van der Waals surface area contributed by atoms with Crippen LogP contribution in [0.15, 0.2) is 42.5 Å². The Morgan fingerprint density at radius 3 is 2.58 bits per heavy atom. The highest BCUT2D eigenvalue weighted by Gasteiger charge is 2.24. The number of carbonyl (C=O) groups is 1. The SMILES string of the molecule is COc1ccccc1Cc1cccc(C2CCN(CC(=O)NC3CCCCC3)CC2)n1. The van der Waals surface area contributed by atoms with Crippen molar-refractivity contribution >= 4 is 5.91 Å². The zero-order chi connectivity index (χ0) is 21.5. The molecule has 4 rings (SSSR count). The molecule has 0 spiro atoms. The molecule has 2 aromatic rings. The molecule has 2 heterocycles. The molecule has 1 N–H and O–H groups in total. The highest BCUT2D eigenvalue weighted by atomic mass is 16.5. The smallest absolute Gasteiger partial charge is 0.234 e. The Morgan fingerprint density at radius 1 is 1.03 bits per heavy atom. The first-order chi connectivity index (χ1) is 15.2. The fourth-order valence-electron chi connectivity index (χ4n) is 4.98. The Bertz CT molecular complexity index is 855. The van der Waals surface area contributed by atoms with Gasteiger partial charge in [0.1, 0.15) is 5.75 Å². The van der Waals surface area contributed by atoms with E-state index >= 15 is 0 Å². The van der Waals surface area contributed by atoms with Gasteiger partial charge in [0.15, 0.2) is 0 Å². The lowest BCUT2D eigenvalue weighted by molar-refractivity contribution is -0.123. The number of para-hydroxylation sites is 1. The van der Waals surface area contributed by atoms with Gasteiger partial charge in [0.25, 0.3) is 0 Å². The van der Waals surface area contributed by atoms with Crippen LogP contribution in [0, 0.1) is 0 Å². The number of ether oxygens (including phenoxy) is 1. The maximum absolute atomic E-state index is 12.4. The summed E-state index contributed by atoms with van der Waals surface area (Å²) in [7, 11) is 1.71. The van der Waals surface area contributed by atoms with Crippen molar-refractivity contribution in [1.82, 2.24) is 15.2 Å². The maximum Gasteiger partial charge on any atom is 0.234 e. The highest BCUT2D eigenvalue weighted by molar-refractivity contribution is 5.78. The topological polar surface area (TPSA) is 54.5 Å². The van der Waals surface area contributed by atoms with Gasteiger partial charge in [0, 0.05) is 35.3 Å². The summed E-state index contributed by atoms with van der Waals surface area (Å²) in [5.74, 6) is 1.58. The van der Waals surface area contributed by atoms with E-state index in [4.69, 9.17) is 9.72 Å². The zero-order valence-electron chi connectivity index (χ0n) is 18.7. The summed E-state index contributed by atoms with van der Waals surface area (Å²) in [5.41, 5.74) is 3.42. The second-order valence-corrected chi connectivity index (χ2v) is 9.00. The van der Waals surface area contributed by atoms with Crippen LogP contribution in [0.3, 0.4) is 0 Å². The monoisotopic (exact) mass is 421 g/mol. The first kappa shape index (κ1) is 21.8. The minimum atomic E-state index is 0.197. The summed E-state index contributed by atoms with van der Waals surface area (Å²) in [6.45, 7) is 2.45. The molecule has 5 nitrogen and oxygen atoms in total. The molecule has 0 bridgehead atoms. The van der Waals surface area contributed by atoms with E-state index in [1.165, 1.54) is 25.0 Å². The standard InChI is InChI=1S/C26H35N3O2/c1-31-25-13-6-5-8-21(25)18-23-11-7-12-24(27-23)20-14-16-29(17-15-20)19-26(30)28-22-9-3-2-4-10-22/h5-8,11-13,20,22H,2-4,9-10,14-19H2,1H3,(H,28,30). The van der Waals surface area contributed by atoms with Crippen molar-refractivity contribution in [2.24, 2.45) is 0 Å². The summed E-state index contributed by atoms with van der Waals surface area (Å²) in [6.07, 6.45) is 8.99. The number of carbonyl (C=O) groups excluding carboxylic acids is 1. The van der Waals surface area contributed by atoms with E-state index in [1.807, 2.05) is 18.2 Å². The number of methoxy groups -OCH3 is 1. The largest absolute Gasteiger partial charge is 0.496 e. The Kier molecular flexibility index (Phi) is 7.57. The highest BCUT2D eigenvalue weighted by Crippen LogP contribution is 2.28. The van der Waals surface area contributed by atoms with E-state index < -0.39 is 0 Å². The number of nitrogens with zero attached hydrogens (tertiary/aromatic N) is 2. The molecule has 1 saturated carbocycles. The summed E-state index contributed by atoms with van der Waals surface area (Å²) in [4.78, 5) is 19.7. The van der Waals surface area contributed by atoms with Crippen LogP contribution in [0.5, 0.6) is 5.75 Å². The molecule has 1 aliphatic heterocycles. The van der Waals surface area contributed by atoms with Gasteiger partial charge in [0.05, 0.1) is 13.7 Å².